The molecule has 0 aromatic heterocycles. The van der Waals surface area contributed by atoms with E-state index in [0.29, 0.717) is 5.56 Å². The molecule has 5 nitrogen and oxygen atoms in total. The molecule has 1 aromatic carbocycles. The second kappa shape index (κ2) is 5.05. The summed E-state index contributed by atoms with van der Waals surface area (Å²) >= 11 is 0. The number of rotatable bonds is 5. The van der Waals surface area contributed by atoms with Crippen molar-refractivity contribution in [2.75, 3.05) is 18.5 Å². The van der Waals surface area contributed by atoms with Gasteiger partial charge in [0.1, 0.15) is 6.61 Å². The Morgan fingerprint density at radius 2 is 2.18 bits per heavy atom. The van der Waals surface area contributed by atoms with Crippen molar-refractivity contribution in [3.8, 4) is 0 Å². The maximum absolute atomic E-state index is 12.8. The maximum atomic E-state index is 12.8. The molecule has 0 bridgehead atoms. The first-order chi connectivity index (χ1) is 7.85. The van der Waals surface area contributed by atoms with Crippen LogP contribution in [0.3, 0.4) is 0 Å². The Labute approximate surface area is 96.2 Å². The third-order valence-corrected chi connectivity index (χ3v) is 2.20. The summed E-state index contributed by atoms with van der Waals surface area (Å²) < 4.78 is 25.6. The first kappa shape index (κ1) is 13.3. The molecule has 0 saturated carbocycles. The number of nitrogens with one attached hydrogen (secondary N) is 1. The summed E-state index contributed by atoms with van der Waals surface area (Å²) in [4.78, 5) is 9.91. The number of anilines is 1. The molecule has 0 spiro atoms. The normalized spacial score (nSPS) is 11.3. The molecule has 2 N–H and O–H groups in total. The molecular formula is C10H12F2N2O3. The van der Waals surface area contributed by atoms with E-state index in [1.807, 2.05) is 0 Å². The lowest BCUT2D eigenvalue weighted by atomic mass is 10.1. The molecule has 1 aromatic rings. The van der Waals surface area contributed by atoms with Crippen molar-refractivity contribution in [3.63, 3.8) is 0 Å². The van der Waals surface area contributed by atoms with E-state index in [1.165, 1.54) is 18.2 Å². The van der Waals surface area contributed by atoms with Gasteiger partial charge in [0.15, 0.2) is 0 Å². The Kier molecular flexibility index (Phi) is 3.95. The smallest absolute Gasteiger partial charge is 0.287 e. The lowest BCUT2D eigenvalue weighted by molar-refractivity contribution is -0.384. The van der Waals surface area contributed by atoms with Gasteiger partial charge < -0.3 is 10.4 Å². The van der Waals surface area contributed by atoms with Crippen LogP contribution in [0.15, 0.2) is 18.2 Å². The van der Waals surface area contributed by atoms with Gasteiger partial charge in [0.25, 0.3) is 11.6 Å². The summed E-state index contributed by atoms with van der Waals surface area (Å²) in [5.41, 5.74) is 0.696. The number of nitrogens with zero attached hydrogens (tertiary/aromatic N) is 1. The van der Waals surface area contributed by atoms with Crippen LogP contribution in [-0.2, 0) is 0 Å². The SMILES string of the molecule is Cc1ccc([N+](=O)[O-])cc1NCC(F)(F)CO. The molecule has 0 amide bonds. The number of hydrogen-bond donors (Lipinski definition) is 2. The number of aryl methyl sites for hydroxylation is 1. The molecule has 0 aliphatic heterocycles. The van der Waals surface area contributed by atoms with E-state index in [-0.39, 0.29) is 11.4 Å². The van der Waals surface area contributed by atoms with Crippen LogP contribution in [0.2, 0.25) is 0 Å². The minimum atomic E-state index is -3.25. The van der Waals surface area contributed by atoms with Crippen molar-refractivity contribution >= 4 is 11.4 Å². The van der Waals surface area contributed by atoms with Crippen LogP contribution in [0, 0.1) is 17.0 Å². The Bertz CT molecular complexity index is 424. The van der Waals surface area contributed by atoms with Crippen molar-refractivity contribution < 1.29 is 18.8 Å². The quantitative estimate of drug-likeness (QED) is 0.615. The average molecular weight is 246 g/mol. The predicted molar refractivity (Wildman–Crippen MR) is 58.4 cm³/mol. The first-order valence-electron chi connectivity index (χ1n) is 4.83. The second-order valence-corrected chi connectivity index (χ2v) is 3.62. The van der Waals surface area contributed by atoms with E-state index >= 15 is 0 Å². The number of benzene rings is 1. The van der Waals surface area contributed by atoms with Gasteiger partial charge in [0.2, 0.25) is 0 Å². The summed E-state index contributed by atoms with van der Waals surface area (Å²) in [6, 6.07) is 3.95. The second-order valence-electron chi connectivity index (χ2n) is 3.62. The number of non-ortho nitro benzene ring substituents is 1. The van der Waals surface area contributed by atoms with E-state index in [0.717, 1.165) is 0 Å². The third kappa shape index (κ3) is 3.63. The standard InChI is InChI=1S/C10H12F2N2O3/c1-7-2-3-8(14(16)17)4-9(7)13-5-10(11,12)6-15/h2-4,13,15H,5-6H2,1H3. The van der Waals surface area contributed by atoms with E-state index in [4.69, 9.17) is 5.11 Å². The fourth-order valence-corrected chi connectivity index (χ4v) is 1.19. The fourth-order valence-electron chi connectivity index (χ4n) is 1.19. The highest BCUT2D eigenvalue weighted by molar-refractivity contribution is 5.56. The van der Waals surface area contributed by atoms with Gasteiger partial charge in [-0.3, -0.25) is 10.1 Å². The number of alkyl halides is 2. The molecule has 0 aliphatic carbocycles. The minimum Gasteiger partial charge on any atom is -0.390 e. The third-order valence-electron chi connectivity index (χ3n) is 2.20. The summed E-state index contributed by atoms with van der Waals surface area (Å²) in [6.07, 6.45) is 0. The number of nitro benzene ring substituents is 1. The highest BCUT2D eigenvalue weighted by Crippen LogP contribution is 2.23. The molecule has 0 fully saturated rings. The first-order valence-corrected chi connectivity index (χ1v) is 4.83. The molecule has 94 valence electrons. The zero-order chi connectivity index (χ0) is 13.1. The topological polar surface area (TPSA) is 75.4 Å². The lowest BCUT2D eigenvalue weighted by Gasteiger charge is -2.16. The highest BCUT2D eigenvalue weighted by Gasteiger charge is 2.27. The lowest BCUT2D eigenvalue weighted by Crippen LogP contribution is -2.31. The number of hydrogen-bond acceptors (Lipinski definition) is 4. The van der Waals surface area contributed by atoms with E-state index < -0.39 is 24.0 Å². The van der Waals surface area contributed by atoms with Crippen molar-refractivity contribution in [2.45, 2.75) is 12.8 Å². The molecule has 17 heavy (non-hydrogen) atoms. The number of nitro groups is 1. The average Bonchev–Trinajstić information content (AvgIpc) is 2.27. The van der Waals surface area contributed by atoms with Gasteiger partial charge in [-0.2, -0.15) is 0 Å². The monoisotopic (exact) mass is 246 g/mol. The predicted octanol–water partition coefficient (Wildman–Crippen LogP) is 1.94. The minimum absolute atomic E-state index is 0.176. The molecule has 7 heteroatoms. The van der Waals surface area contributed by atoms with Gasteiger partial charge >= 0.3 is 0 Å². The van der Waals surface area contributed by atoms with Crippen LogP contribution in [0.1, 0.15) is 5.56 Å². The van der Waals surface area contributed by atoms with E-state index in [2.05, 4.69) is 5.32 Å². The molecule has 1 rings (SSSR count). The van der Waals surface area contributed by atoms with Gasteiger partial charge in [0, 0.05) is 17.8 Å². The molecule has 0 saturated heterocycles. The van der Waals surface area contributed by atoms with E-state index in [1.54, 1.807) is 6.92 Å². The molecule has 0 aliphatic rings. The maximum Gasteiger partial charge on any atom is 0.287 e. The number of aliphatic hydroxyl groups is 1. The van der Waals surface area contributed by atoms with Gasteiger partial charge in [-0.25, -0.2) is 8.78 Å². The zero-order valence-corrected chi connectivity index (χ0v) is 9.11. The zero-order valence-electron chi connectivity index (χ0n) is 9.11. The van der Waals surface area contributed by atoms with Gasteiger partial charge in [-0.15, -0.1) is 0 Å². The summed E-state index contributed by atoms with van der Waals surface area (Å²) in [5, 5.41) is 21.3. The Hall–Kier alpha value is -1.76. The van der Waals surface area contributed by atoms with Crippen molar-refractivity contribution in [3.05, 3.63) is 33.9 Å². The van der Waals surface area contributed by atoms with Crippen LogP contribution >= 0.6 is 0 Å². The summed E-state index contributed by atoms with van der Waals surface area (Å²) in [7, 11) is 0. The molecule has 0 heterocycles. The highest BCUT2D eigenvalue weighted by atomic mass is 19.3. The molecule has 0 radical (unpaired) electrons. The number of halogens is 2. The largest absolute Gasteiger partial charge is 0.390 e. The molecular weight excluding hydrogens is 234 g/mol. The van der Waals surface area contributed by atoms with E-state index in [9.17, 15) is 18.9 Å². The number of aliphatic hydroxyl groups excluding tert-OH is 1. The van der Waals surface area contributed by atoms with Crippen LogP contribution < -0.4 is 5.32 Å². The van der Waals surface area contributed by atoms with Crippen molar-refractivity contribution in [2.24, 2.45) is 0 Å². The van der Waals surface area contributed by atoms with Crippen LogP contribution in [0.4, 0.5) is 20.2 Å². The summed E-state index contributed by atoms with van der Waals surface area (Å²) in [6.45, 7) is -0.400. The van der Waals surface area contributed by atoms with Gasteiger partial charge in [0.05, 0.1) is 11.5 Å². The Morgan fingerprint density at radius 1 is 1.53 bits per heavy atom. The Morgan fingerprint density at radius 3 is 2.71 bits per heavy atom. The Balaban J connectivity index is 2.83. The molecule has 0 unspecified atom stereocenters. The van der Waals surface area contributed by atoms with Crippen molar-refractivity contribution in [1.82, 2.24) is 0 Å². The van der Waals surface area contributed by atoms with Crippen LogP contribution in [-0.4, -0.2) is 29.1 Å². The summed E-state index contributed by atoms with van der Waals surface area (Å²) in [5.74, 6) is -3.25. The van der Waals surface area contributed by atoms with Gasteiger partial charge in [-0.05, 0) is 12.5 Å². The fraction of sp³-hybridized carbons (Fsp3) is 0.400. The van der Waals surface area contributed by atoms with Gasteiger partial charge in [-0.1, -0.05) is 6.07 Å². The van der Waals surface area contributed by atoms with Crippen LogP contribution in [0.5, 0.6) is 0 Å². The molecule has 0 atom stereocenters. The van der Waals surface area contributed by atoms with Crippen LogP contribution in [0.25, 0.3) is 0 Å². The van der Waals surface area contributed by atoms with Crippen molar-refractivity contribution in [1.29, 1.82) is 0 Å².